The maximum atomic E-state index is 13.4. The molecule has 1 saturated heterocycles. The molecule has 1 aromatic rings. The Morgan fingerprint density at radius 2 is 2.10 bits per heavy atom. The van der Waals surface area contributed by atoms with Gasteiger partial charge in [0.05, 0.1) is 24.4 Å². The molecular formula is C19H30F2N4O3S. The molecular weight excluding hydrogens is 402 g/mol. The standard InChI is InChI=1S/C19H30F2N4O3S/c1-3-22-19(25-14(2)15-7-8-17(20)18(21)12-15)23-9-11-29(26,27)24-13-16-6-4-5-10-28-16/h7-8,12,14,16,24H,3-6,9-11,13H2,1-2H3,(H2,22,23,25). The Balaban J connectivity index is 1.87. The molecule has 10 heteroatoms. The van der Waals surface area contributed by atoms with Crippen molar-refractivity contribution in [2.24, 2.45) is 4.99 Å². The van der Waals surface area contributed by atoms with Crippen LogP contribution in [-0.2, 0) is 14.8 Å². The number of halogens is 2. The molecule has 1 heterocycles. The van der Waals surface area contributed by atoms with Crippen LogP contribution < -0.4 is 15.4 Å². The molecule has 2 atom stereocenters. The number of ether oxygens (including phenoxy) is 1. The highest BCUT2D eigenvalue weighted by Crippen LogP contribution is 2.16. The number of hydrogen-bond donors (Lipinski definition) is 3. The third-order valence-electron chi connectivity index (χ3n) is 4.58. The summed E-state index contributed by atoms with van der Waals surface area (Å²) in [5.41, 5.74) is 0.552. The number of nitrogens with one attached hydrogen (secondary N) is 3. The quantitative estimate of drug-likeness (QED) is 0.410. The maximum Gasteiger partial charge on any atom is 0.213 e. The minimum Gasteiger partial charge on any atom is -0.377 e. The predicted molar refractivity (Wildman–Crippen MR) is 109 cm³/mol. The van der Waals surface area contributed by atoms with Crippen LogP contribution in [0.3, 0.4) is 0 Å². The lowest BCUT2D eigenvalue weighted by molar-refractivity contribution is 0.0200. The van der Waals surface area contributed by atoms with Crippen LogP contribution in [0.4, 0.5) is 8.78 Å². The molecule has 2 unspecified atom stereocenters. The van der Waals surface area contributed by atoms with Gasteiger partial charge in [0.25, 0.3) is 0 Å². The monoisotopic (exact) mass is 432 g/mol. The van der Waals surface area contributed by atoms with Crippen LogP contribution in [0.25, 0.3) is 0 Å². The minimum atomic E-state index is -3.47. The van der Waals surface area contributed by atoms with Gasteiger partial charge in [-0.1, -0.05) is 6.07 Å². The molecule has 3 N–H and O–H groups in total. The van der Waals surface area contributed by atoms with E-state index in [0.717, 1.165) is 31.4 Å². The lowest BCUT2D eigenvalue weighted by Gasteiger charge is -2.22. The zero-order chi connectivity index (χ0) is 21.3. The highest BCUT2D eigenvalue weighted by atomic mass is 32.2. The molecule has 0 aliphatic carbocycles. The van der Waals surface area contributed by atoms with Gasteiger partial charge in [0.1, 0.15) is 0 Å². The number of rotatable bonds is 9. The molecule has 1 aromatic carbocycles. The summed E-state index contributed by atoms with van der Waals surface area (Å²) >= 11 is 0. The predicted octanol–water partition coefficient (Wildman–Crippen LogP) is 2.07. The van der Waals surface area contributed by atoms with E-state index in [2.05, 4.69) is 20.3 Å². The van der Waals surface area contributed by atoms with Crippen molar-refractivity contribution in [3.8, 4) is 0 Å². The smallest absolute Gasteiger partial charge is 0.213 e. The summed E-state index contributed by atoms with van der Waals surface area (Å²) in [5, 5.41) is 6.08. The Morgan fingerprint density at radius 3 is 2.76 bits per heavy atom. The van der Waals surface area contributed by atoms with Gasteiger partial charge >= 0.3 is 0 Å². The summed E-state index contributed by atoms with van der Waals surface area (Å²) in [6, 6.07) is 3.34. The lowest BCUT2D eigenvalue weighted by atomic mass is 10.1. The second-order valence-electron chi connectivity index (χ2n) is 6.96. The van der Waals surface area contributed by atoms with Crippen LogP contribution in [0.5, 0.6) is 0 Å². The number of nitrogens with zero attached hydrogens (tertiary/aromatic N) is 1. The fraction of sp³-hybridized carbons (Fsp3) is 0.632. The summed E-state index contributed by atoms with van der Waals surface area (Å²) in [6.07, 6.45) is 2.85. The molecule has 0 spiro atoms. The van der Waals surface area contributed by atoms with E-state index >= 15 is 0 Å². The Kier molecular flexibility index (Phi) is 9.25. The van der Waals surface area contributed by atoms with E-state index < -0.39 is 21.7 Å². The second kappa shape index (κ2) is 11.4. The first-order valence-corrected chi connectivity index (χ1v) is 11.5. The fourth-order valence-electron chi connectivity index (χ4n) is 2.93. The van der Waals surface area contributed by atoms with Crippen molar-refractivity contribution in [3.05, 3.63) is 35.4 Å². The average Bonchev–Trinajstić information content (AvgIpc) is 2.69. The van der Waals surface area contributed by atoms with E-state index in [0.29, 0.717) is 24.7 Å². The Hall–Kier alpha value is -1.78. The van der Waals surface area contributed by atoms with Gasteiger partial charge in [-0.3, -0.25) is 4.99 Å². The van der Waals surface area contributed by atoms with Gasteiger partial charge < -0.3 is 15.4 Å². The van der Waals surface area contributed by atoms with Crippen molar-refractivity contribution in [2.45, 2.75) is 45.3 Å². The van der Waals surface area contributed by atoms with Crippen molar-refractivity contribution in [3.63, 3.8) is 0 Å². The van der Waals surface area contributed by atoms with E-state index in [1.165, 1.54) is 6.07 Å². The maximum absolute atomic E-state index is 13.4. The highest BCUT2D eigenvalue weighted by Gasteiger charge is 2.17. The van der Waals surface area contributed by atoms with E-state index in [9.17, 15) is 17.2 Å². The summed E-state index contributed by atoms with van der Waals surface area (Å²) in [6.45, 7) is 5.23. The van der Waals surface area contributed by atoms with Crippen molar-refractivity contribution in [2.75, 3.05) is 32.0 Å². The van der Waals surface area contributed by atoms with Crippen LogP contribution in [0, 0.1) is 11.6 Å². The molecule has 29 heavy (non-hydrogen) atoms. The normalized spacial score (nSPS) is 19.0. The molecule has 7 nitrogen and oxygen atoms in total. The third-order valence-corrected chi connectivity index (χ3v) is 5.90. The Labute approximate surface area is 171 Å². The highest BCUT2D eigenvalue weighted by molar-refractivity contribution is 7.89. The van der Waals surface area contributed by atoms with Gasteiger partial charge in [-0.2, -0.15) is 0 Å². The number of sulfonamides is 1. The molecule has 164 valence electrons. The SMILES string of the molecule is CCNC(=NCCS(=O)(=O)NCC1CCCCO1)NC(C)c1ccc(F)c(F)c1. The zero-order valence-corrected chi connectivity index (χ0v) is 17.7. The average molecular weight is 433 g/mol. The molecule has 0 aromatic heterocycles. The largest absolute Gasteiger partial charge is 0.377 e. The first-order valence-electron chi connectivity index (χ1n) is 9.89. The van der Waals surface area contributed by atoms with Crippen molar-refractivity contribution in [1.82, 2.24) is 15.4 Å². The van der Waals surface area contributed by atoms with E-state index in [1.54, 1.807) is 6.92 Å². The molecule has 1 fully saturated rings. The molecule has 0 radical (unpaired) electrons. The summed E-state index contributed by atoms with van der Waals surface area (Å²) < 4.78 is 59.0. The van der Waals surface area contributed by atoms with Crippen molar-refractivity contribution < 1.29 is 21.9 Å². The van der Waals surface area contributed by atoms with Crippen LogP contribution in [-0.4, -0.2) is 52.5 Å². The third kappa shape index (κ3) is 8.23. The number of hydrogen-bond acceptors (Lipinski definition) is 4. The van der Waals surface area contributed by atoms with Crippen LogP contribution in [0.1, 0.15) is 44.7 Å². The van der Waals surface area contributed by atoms with Crippen LogP contribution in [0.15, 0.2) is 23.2 Å². The molecule has 0 amide bonds. The summed E-state index contributed by atoms with van der Waals surface area (Å²) in [4.78, 5) is 4.28. The minimum absolute atomic E-state index is 0.0562. The summed E-state index contributed by atoms with van der Waals surface area (Å²) in [5.74, 6) is -1.58. The first kappa shape index (κ1) is 23.5. The van der Waals surface area contributed by atoms with Gasteiger partial charge in [0, 0.05) is 19.7 Å². The Morgan fingerprint density at radius 1 is 1.31 bits per heavy atom. The fourth-order valence-corrected chi connectivity index (χ4v) is 3.84. The zero-order valence-electron chi connectivity index (χ0n) is 16.9. The number of benzene rings is 1. The van der Waals surface area contributed by atoms with Gasteiger partial charge in [-0.25, -0.2) is 21.9 Å². The second-order valence-corrected chi connectivity index (χ2v) is 8.88. The van der Waals surface area contributed by atoms with Crippen LogP contribution >= 0.6 is 0 Å². The number of guanidine groups is 1. The van der Waals surface area contributed by atoms with Gasteiger partial charge in [-0.05, 0) is 50.8 Å². The Bertz CT molecular complexity index is 784. The summed E-state index contributed by atoms with van der Waals surface area (Å²) in [7, 11) is -3.47. The van der Waals surface area contributed by atoms with E-state index in [1.807, 2.05) is 6.92 Å². The molecule has 0 bridgehead atoms. The van der Waals surface area contributed by atoms with E-state index in [-0.39, 0.29) is 31.0 Å². The lowest BCUT2D eigenvalue weighted by Crippen LogP contribution is -2.40. The van der Waals surface area contributed by atoms with Crippen molar-refractivity contribution >= 4 is 16.0 Å². The van der Waals surface area contributed by atoms with Gasteiger partial charge in [0.15, 0.2) is 17.6 Å². The molecule has 1 aliphatic heterocycles. The topological polar surface area (TPSA) is 91.8 Å². The molecule has 0 saturated carbocycles. The van der Waals surface area contributed by atoms with Gasteiger partial charge in [-0.15, -0.1) is 0 Å². The van der Waals surface area contributed by atoms with Gasteiger partial charge in [0.2, 0.25) is 10.0 Å². The molecule has 2 rings (SSSR count). The molecule has 1 aliphatic rings. The van der Waals surface area contributed by atoms with Crippen molar-refractivity contribution in [1.29, 1.82) is 0 Å². The van der Waals surface area contributed by atoms with E-state index in [4.69, 9.17) is 4.74 Å². The number of aliphatic imine (C=N–C) groups is 1. The van der Waals surface area contributed by atoms with Crippen LogP contribution in [0.2, 0.25) is 0 Å². The first-order chi connectivity index (χ1) is 13.8.